The summed E-state index contributed by atoms with van der Waals surface area (Å²) in [5.41, 5.74) is 1.54. The number of carbonyl (C=O) groups is 2. The second kappa shape index (κ2) is 6.20. The molecule has 1 N–H and O–H groups in total. The Balaban J connectivity index is 1.62. The molecule has 2 amide bonds. The first-order valence-corrected chi connectivity index (χ1v) is 7.41. The third-order valence-electron chi connectivity index (χ3n) is 3.85. The summed E-state index contributed by atoms with van der Waals surface area (Å²) in [4.78, 5) is 27.9. The molecule has 23 heavy (non-hydrogen) atoms. The zero-order valence-electron chi connectivity index (χ0n) is 12.8. The van der Waals surface area contributed by atoms with Crippen molar-refractivity contribution in [2.24, 2.45) is 0 Å². The number of rotatable bonds is 2. The number of aryl methyl sites for hydroxylation is 1. The van der Waals surface area contributed by atoms with Gasteiger partial charge in [0.25, 0.3) is 11.8 Å². The van der Waals surface area contributed by atoms with Gasteiger partial charge < -0.3 is 9.80 Å². The number of aromatic amines is 1. The topological polar surface area (TPSA) is 69.3 Å². The number of halogens is 1. The molecule has 0 radical (unpaired) electrons. The van der Waals surface area contributed by atoms with Crippen LogP contribution in [0.25, 0.3) is 0 Å². The molecular weight excluding hydrogens is 299 g/mol. The van der Waals surface area contributed by atoms with Gasteiger partial charge in [0.1, 0.15) is 11.5 Å². The van der Waals surface area contributed by atoms with Crippen LogP contribution in [0.1, 0.15) is 26.5 Å². The molecular formula is C16H17FN4O2. The van der Waals surface area contributed by atoms with E-state index < -0.39 is 5.82 Å². The van der Waals surface area contributed by atoms with Gasteiger partial charge in [-0.05, 0) is 31.2 Å². The average Bonchev–Trinajstić information content (AvgIpc) is 3.00. The Labute approximate surface area is 132 Å². The maximum atomic E-state index is 13.2. The molecule has 6 nitrogen and oxygen atoms in total. The van der Waals surface area contributed by atoms with Crippen LogP contribution in [0.2, 0.25) is 0 Å². The zero-order valence-corrected chi connectivity index (χ0v) is 12.8. The number of hydrogen-bond acceptors (Lipinski definition) is 3. The van der Waals surface area contributed by atoms with E-state index in [1.54, 1.807) is 21.9 Å². The fourth-order valence-corrected chi connectivity index (χ4v) is 2.61. The summed E-state index contributed by atoms with van der Waals surface area (Å²) in [6, 6.07) is 7.34. The van der Waals surface area contributed by atoms with Gasteiger partial charge in [-0.15, -0.1) is 0 Å². The van der Waals surface area contributed by atoms with E-state index in [2.05, 4.69) is 10.2 Å². The van der Waals surface area contributed by atoms with Crippen molar-refractivity contribution >= 4 is 11.8 Å². The lowest BCUT2D eigenvalue weighted by molar-refractivity contribution is 0.0532. The number of carbonyl (C=O) groups excluding carboxylic acids is 2. The van der Waals surface area contributed by atoms with Gasteiger partial charge in [0.2, 0.25) is 0 Å². The van der Waals surface area contributed by atoms with Crippen LogP contribution >= 0.6 is 0 Å². The third-order valence-corrected chi connectivity index (χ3v) is 3.85. The summed E-state index contributed by atoms with van der Waals surface area (Å²) in [6.07, 6.45) is 0. The maximum absolute atomic E-state index is 13.2. The predicted octanol–water partition coefficient (Wildman–Crippen LogP) is 1.46. The van der Waals surface area contributed by atoms with Gasteiger partial charge in [-0.25, -0.2) is 4.39 Å². The average molecular weight is 316 g/mol. The lowest BCUT2D eigenvalue weighted by Crippen LogP contribution is -2.50. The molecule has 2 heterocycles. The van der Waals surface area contributed by atoms with Crippen LogP contribution in [0.3, 0.4) is 0 Å². The first kappa shape index (κ1) is 15.2. The molecule has 2 aromatic rings. The smallest absolute Gasteiger partial charge is 0.274 e. The van der Waals surface area contributed by atoms with E-state index in [9.17, 15) is 14.0 Å². The largest absolute Gasteiger partial charge is 0.335 e. The lowest BCUT2D eigenvalue weighted by atomic mass is 10.1. The number of piperazine rings is 1. The van der Waals surface area contributed by atoms with E-state index in [0.29, 0.717) is 37.4 Å². The first-order valence-electron chi connectivity index (χ1n) is 7.41. The molecule has 0 aliphatic carbocycles. The second-order valence-electron chi connectivity index (χ2n) is 5.53. The molecule has 0 bridgehead atoms. The number of aromatic nitrogens is 2. The Morgan fingerprint density at radius 1 is 1.09 bits per heavy atom. The molecule has 7 heteroatoms. The van der Waals surface area contributed by atoms with E-state index in [-0.39, 0.29) is 11.8 Å². The van der Waals surface area contributed by atoms with Crippen molar-refractivity contribution < 1.29 is 14.0 Å². The van der Waals surface area contributed by atoms with Crippen molar-refractivity contribution in [3.8, 4) is 0 Å². The molecule has 1 saturated heterocycles. The van der Waals surface area contributed by atoms with Crippen molar-refractivity contribution in [2.75, 3.05) is 26.2 Å². The van der Waals surface area contributed by atoms with Crippen LogP contribution in [-0.4, -0.2) is 58.0 Å². The highest BCUT2D eigenvalue weighted by atomic mass is 19.1. The van der Waals surface area contributed by atoms with Crippen LogP contribution in [0.15, 0.2) is 30.3 Å². The molecule has 120 valence electrons. The Morgan fingerprint density at radius 3 is 2.30 bits per heavy atom. The van der Waals surface area contributed by atoms with Crippen LogP contribution in [0, 0.1) is 12.7 Å². The van der Waals surface area contributed by atoms with Gasteiger partial charge in [0, 0.05) is 37.4 Å². The summed E-state index contributed by atoms with van der Waals surface area (Å²) in [6.45, 7) is 3.55. The summed E-state index contributed by atoms with van der Waals surface area (Å²) in [7, 11) is 0. The van der Waals surface area contributed by atoms with Crippen molar-refractivity contribution in [1.29, 1.82) is 0 Å². The minimum atomic E-state index is -0.432. The molecule has 1 aromatic carbocycles. The quantitative estimate of drug-likeness (QED) is 0.912. The van der Waals surface area contributed by atoms with Crippen LogP contribution < -0.4 is 0 Å². The van der Waals surface area contributed by atoms with Gasteiger partial charge in [-0.3, -0.25) is 14.7 Å². The highest BCUT2D eigenvalue weighted by molar-refractivity contribution is 5.95. The highest BCUT2D eigenvalue weighted by Crippen LogP contribution is 2.12. The van der Waals surface area contributed by atoms with Gasteiger partial charge in [0.05, 0.1) is 0 Å². The molecule has 1 fully saturated rings. The molecule has 1 aliphatic heterocycles. The summed E-state index contributed by atoms with van der Waals surface area (Å²) in [5, 5.41) is 6.71. The maximum Gasteiger partial charge on any atom is 0.274 e. The fraction of sp³-hybridized carbons (Fsp3) is 0.312. The summed E-state index contributed by atoms with van der Waals surface area (Å²) >= 11 is 0. The monoisotopic (exact) mass is 316 g/mol. The Morgan fingerprint density at radius 2 is 1.74 bits per heavy atom. The van der Waals surface area contributed by atoms with Crippen molar-refractivity contribution in [3.63, 3.8) is 0 Å². The molecule has 0 spiro atoms. The SMILES string of the molecule is Cc1cc(C(=O)N2CCN(C(=O)c3cccc(F)c3)CC2)n[nH]1. The highest BCUT2D eigenvalue weighted by Gasteiger charge is 2.26. The molecule has 1 aliphatic rings. The minimum Gasteiger partial charge on any atom is -0.335 e. The molecule has 3 rings (SSSR count). The Kier molecular flexibility index (Phi) is 4.10. The van der Waals surface area contributed by atoms with E-state index >= 15 is 0 Å². The number of nitrogens with zero attached hydrogens (tertiary/aromatic N) is 3. The first-order chi connectivity index (χ1) is 11.0. The normalized spacial score (nSPS) is 14.9. The minimum absolute atomic E-state index is 0.146. The standard InChI is InChI=1S/C16H17FN4O2/c1-11-9-14(19-18-11)16(23)21-7-5-20(6-8-21)15(22)12-3-2-4-13(17)10-12/h2-4,9-10H,5-8H2,1H3,(H,18,19). The fourth-order valence-electron chi connectivity index (χ4n) is 2.61. The van der Waals surface area contributed by atoms with Crippen LogP contribution in [0.5, 0.6) is 0 Å². The Bertz CT molecular complexity index is 735. The van der Waals surface area contributed by atoms with Crippen molar-refractivity contribution in [3.05, 3.63) is 53.1 Å². The van der Waals surface area contributed by atoms with E-state index in [4.69, 9.17) is 0 Å². The van der Waals surface area contributed by atoms with Crippen LogP contribution in [0.4, 0.5) is 4.39 Å². The second-order valence-corrected chi connectivity index (χ2v) is 5.53. The van der Waals surface area contributed by atoms with Gasteiger partial charge in [-0.1, -0.05) is 6.07 Å². The van der Waals surface area contributed by atoms with Gasteiger partial charge in [0.15, 0.2) is 0 Å². The van der Waals surface area contributed by atoms with Crippen molar-refractivity contribution in [2.45, 2.75) is 6.92 Å². The number of amides is 2. The van der Waals surface area contributed by atoms with Gasteiger partial charge >= 0.3 is 0 Å². The molecule has 1 aromatic heterocycles. The summed E-state index contributed by atoms with van der Waals surface area (Å²) in [5.74, 6) is -0.794. The lowest BCUT2D eigenvalue weighted by Gasteiger charge is -2.34. The van der Waals surface area contributed by atoms with E-state index in [1.807, 2.05) is 6.92 Å². The van der Waals surface area contributed by atoms with Crippen LogP contribution in [-0.2, 0) is 0 Å². The van der Waals surface area contributed by atoms with E-state index in [1.165, 1.54) is 18.2 Å². The predicted molar refractivity (Wildman–Crippen MR) is 81.5 cm³/mol. The number of hydrogen-bond donors (Lipinski definition) is 1. The van der Waals surface area contributed by atoms with Crippen molar-refractivity contribution in [1.82, 2.24) is 20.0 Å². The third kappa shape index (κ3) is 3.23. The molecule has 0 unspecified atom stereocenters. The number of nitrogens with one attached hydrogen (secondary N) is 1. The zero-order chi connectivity index (χ0) is 16.4. The summed E-state index contributed by atoms with van der Waals surface area (Å²) < 4.78 is 13.2. The van der Waals surface area contributed by atoms with E-state index in [0.717, 1.165) is 5.69 Å². The number of benzene rings is 1. The molecule has 0 atom stereocenters. The molecule has 0 saturated carbocycles. The van der Waals surface area contributed by atoms with Gasteiger partial charge in [-0.2, -0.15) is 5.10 Å². The number of H-pyrrole nitrogens is 1. The Hall–Kier alpha value is -2.70.